The minimum atomic E-state index is -0.570. The molecule has 3 rings (SSSR count). The molecular weight excluding hydrogens is 330 g/mol. The smallest absolute Gasteiger partial charge is 0.252 e. The van der Waals surface area contributed by atoms with E-state index in [-0.39, 0.29) is 5.91 Å². The highest BCUT2D eigenvalue weighted by Gasteiger charge is 2.13. The summed E-state index contributed by atoms with van der Waals surface area (Å²) in [4.78, 5) is 22.9. The second-order valence-electron chi connectivity index (χ2n) is 5.72. The molecule has 0 saturated carbocycles. The van der Waals surface area contributed by atoms with Gasteiger partial charge in [0.05, 0.1) is 6.07 Å². The summed E-state index contributed by atoms with van der Waals surface area (Å²) in [5, 5.41) is 15.4. The summed E-state index contributed by atoms with van der Waals surface area (Å²) in [7, 11) is 0. The van der Waals surface area contributed by atoms with Crippen molar-refractivity contribution >= 4 is 12.2 Å². The Bertz CT molecular complexity index is 984. The summed E-state index contributed by atoms with van der Waals surface area (Å²) in [6, 6.07) is 17.0. The fourth-order valence-electron chi connectivity index (χ4n) is 2.41. The van der Waals surface area contributed by atoms with E-state index in [1.54, 1.807) is 55.5 Å². The molecule has 1 amide bonds. The zero-order valence-corrected chi connectivity index (χ0v) is 14.0. The van der Waals surface area contributed by atoms with Crippen molar-refractivity contribution in [1.29, 1.82) is 5.26 Å². The van der Waals surface area contributed by atoms with Crippen LogP contribution in [0, 0.1) is 11.3 Å². The van der Waals surface area contributed by atoms with Crippen LogP contribution < -0.4 is 5.32 Å². The van der Waals surface area contributed by atoms with Gasteiger partial charge < -0.3 is 9.84 Å². The van der Waals surface area contributed by atoms with Crippen molar-refractivity contribution in [2.45, 2.75) is 13.0 Å². The van der Waals surface area contributed by atoms with Crippen LogP contribution in [0.1, 0.15) is 27.6 Å². The highest BCUT2D eigenvalue weighted by atomic mass is 16.5. The van der Waals surface area contributed by atoms with E-state index in [9.17, 15) is 9.59 Å². The molecule has 26 heavy (non-hydrogen) atoms. The van der Waals surface area contributed by atoms with E-state index in [1.165, 1.54) is 0 Å². The van der Waals surface area contributed by atoms with Crippen molar-refractivity contribution in [2.24, 2.45) is 0 Å². The zero-order valence-electron chi connectivity index (χ0n) is 14.0. The molecule has 0 aliphatic heterocycles. The van der Waals surface area contributed by atoms with E-state index in [4.69, 9.17) is 9.78 Å². The summed E-state index contributed by atoms with van der Waals surface area (Å²) in [5.41, 5.74) is 3.12. The number of nitrogens with zero attached hydrogens (tertiary/aromatic N) is 2. The third kappa shape index (κ3) is 3.68. The van der Waals surface area contributed by atoms with Gasteiger partial charge in [-0.3, -0.25) is 9.59 Å². The number of carbonyl (C=O) groups is 2. The number of hydrogen-bond acceptors (Lipinski definition) is 5. The Kier molecular flexibility index (Phi) is 4.90. The van der Waals surface area contributed by atoms with Gasteiger partial charge >= 0.3 is 0 Å². The number of carbonyl (C=O) groups excluding carboxylic acids is 2. The first-order valence-electron chi connectivity index (χ1n) is 7.94. The molecule has 128 valence electrons. The Morgan fingerprint density at radius 3 is 2.65 bits per heavy atom. The van der Waals surface area contributed by atoms with Crippen LogP contribution >= 0.6 is 0 Å². The van der Waals surface area contributed by atoms with Crippen molar-refractivity contribution in [1.82, 2.24) is 10.5 Å². The van der Waals surface area contributed by atoms with Crippen molar-refractivity contribution in [3.8, 4) is 28.7 Å². The lowest BCUT2D eigenvalue weighted by Gasteiger charge is -2.07. The minimum absolute atomic E-state index is 0.325. The first-order valence-corrected chi connectivity index (χ1v) is 7.94. The largest absolute Gasteiger partial charge is 0.356 e. The molecule has 0 fully saturated rings. The van der Waals surface area contributed by atoms with E-state index < -0.39 is 6.04 Å². The van der Waals surface area contributed by atoms with Gasteiger partial charge in [0.25, 0.3) is 5.91 Å². The Hall–Kier alpha value is -3.72. The molecule has 2 aromatic carbocycles. The maximum Gasteiger partial charge on any atom is 0.252 e. The molecule has 0 aliphatic carbocycles. The fraction of sp³-hybridized carbons (Fsp3) is 0.100. The molecule has 0 spiro atoms. The van der Waals surface area contributed by atoms with Crippen molar-refractivity contribution < 1.29 is 14.1 Å². The molecule has 0 radical (unpaired) electrons. The molecule has 1 unspecified atom stereocenters. The second kappa shape index (κ2) is 7.45. The molecule has 1 aromatic heterocycles. The minimum Gasteiger partial charge on any atom is -0.356 e. The number of benzene rings is 2. The van der Waals surface area contributed by atoms with Crippen molar-refractivity contribution in [2.75, 3.05) is 0 Å². The van der Waals surface area contributed by atoms with Gasteiger partial charge in [-0.05, 0) is 19.1 Å². The summed E-state index contributed by atoms with van der Waals surface area (Å²) in [6.45, 7) is 1.61. The lowest BCUT2D eigenvalue weighted by atomic mass is 10.1. The molecule has 1 N–H and O–H groups in total. The molecule has 6 heteroatoms. The van der Waals surface area contributed by atoms with Crippen molar-refractivity contribution in [3.05, 3.63) is 65.7 Å². The van der Waals surface area contributed by atoms with Crippen LogP contribution in [-0.2, 0) is 0 Å². The highest BCUT2D eigenvalue weighted by molar-refractivity contribution is 5.95. The molecule has 1 heterocycles. The Morgan fingerprint density at radius 2 is 1.96 bits per heavy atom. The van der Waals surface area contributed by atoms with Crippen LogP contribution in [0.15, 0.2) is 59.1 Å². The van der Waals surface area contributed by atoms with E-state index in [0.29, 0.717) is 22.6 Å². The summed E-state index contributed by atoms with van der Waals surface area (Å²) >= 11 is 0. The number of rotatable bonds is 5. The van der Waals surface area contributed by atoms with Crippen LogP contribution in [0.4, 0.5) is 0 Å². The summed E-state index contributed by atoms with van der Waals surface area (Å²) < 4.78 is 5.38. The predicted molar refractivity (Wildman–Crippen MR) is 95.3 cm³/mol. The number of nitriles is 1. The average Bonchev–Trinajstić information content (AvgIpc) is 3.18. The highest BCUT2D eigenvalue weighted by Crippen LogP contribution is 2.26. The van der Waals surface area contributed by atoms with Gasteiger partial charge in [-0.25, -0.2) is 0 Å². The van der Waals surface area contributed by atoms with Crippen LogP contribution in [0.25, 0.3) is 22.6 Å². The monoisotopic (exact) mass is 345 g/mol. The Balaban J connectivity index is 1.85. The first kappa shape index (κ1) is 17.1. The number of nitrogens with one attached hydrogen (secondary N) is 1. The summed E-state index contributed by atoms with van der Waals surface area (Å²) in [6.07, 6.45) is 0.777. The van der Waals surface area contributed by atoms with Crippen LogP contribution in [0.2, 0.25) is 0 Å². The topological polar surface area (TPSA) is 96.0 Å². The zero-order chi connectivity index (χ0) is 18.5. The molecule has 3 aromatic rings. The second-order valence-corrected chi connectivity index (χ2v) is 5.72. The quantitative estimate of drug-likeness (QED) is 0.714. The van der Waals surface area contributed by atoms with E-state index in [1.807, 2.05) is 12.1 Å². The standard InChI is InChI=1S/C20H15N3O3/c1-13(11-21)22-20(25)17-4-2-3-16(9-17)18-10-19(26-23-18)15-7-5-14(12-24)6-8-15/h2-10,12-13H,1H3,(H,22,25). The van der Waals surface area contributed by atoms with Crippen LogP contribution in [-0.4, -0.2) is 23.4 Å². The van der Waals surface area contributed by atoms with Gasteiger partial charge in [0.1, 0.15) is 18.0 Å². The van der Waals surface area contributed by atoms with Gasteiger partial charge in [-0.1, -0.05) is 41.6 Å². The maximum atomic E-state index is 12.2. The predicted octanol–water partition coefficient (Wildman–Crippen LogP) is 3.46. The molecule has 1 atom stereocenters. The number of amides is 1. The number of hydrogen-bond donors (Lipinski definition) is 1. The maximum absolute atomic E-state index is 12.2. The molecule has 6 nitrogen and oxygen atoms in total. The van der Waals surface area contributed by atoms with Gasteiger partial charge in [-0.2, -0.15) is 5.26 Å². The lowest BCUT2D eigenvalue weighted by Crippen LogP contribution is -2.31. The number of aromatic nitrogens is 1. The van der Waals surface area contributed by atoms with Crippen molar-refractivity contribution in [3.63, 3.8) is 0 Å². The van der Waals surface area contributed by atoms with Gasteiger partial charge in [-0.15, -0.1) is 0 Å². The molecule has 0 aliphatic rings. The van der Waals surface area contributed by atoms with Crippen LogP contribution in [0.3, 0.4) is 0 Å². The third-order valence-corrected chi connectivity index (χ3v) is 3.80. The van der Waals surface area contributed by atoms with Crippen LogP contribution in [0.5, 0.6) is 0 Å². The normalized spacial score (nSPS) is 11.4. The average molecular weight is 345 g/mol. The molecule has 0 saturated heterocycles. The van der Waals surface area contributed by atoms with E-state index in [2.05, 4.69) is 10.5 Å². The van der Waals surface area contributed by atoms with E-state index >= 15 is 0 Å². The van der Waals surface area contributed by atoms with Gasteiger partial charge in [0, 0.05) is 28.3 Å². The van der Waals surface area contributed by atoms with Gasteiger partial charge in [0.15, 0.2) is 5.76 Å². The Morgan fingerprint density at radius 1 is 1.19 bits per heavy atom. The summed E-state index contributed by atoms with van der Waals surface area (Å²) in [5.74, 6) is 0.236. The molecular formula is C20H15N3O3. The van der Waals surface area contributed by atoms with E-state index in [0.717, 1.165) is 17.4 Å². The first-order chi connectivity index (χ1) is 12.6. The Labute approximate surface area is 150 Å². The van der Waals surface area contributed by atoms with Gasteiger partial charge in [0.2, 0.25) is 0 Å². The molecule has 0 bridgehead atoms. The number of aldehydes is 1. The third-order valence-electron chi connectivity index (χ3n) is 3.80. The lowest BCUT2D eigenvalue weighted by molar-refractivity contribution is 0.0947. The SMILES string of the molecule is CC(C#N)NC(=O)c1cccc(-c2cc(-c3ccc(C=O)cc3)on2)c1. The fourth-order valence-corrected chi connectivity index (χ4v) is 2.41.